The molecular weight excluding hydrogens is 400 g/mol. The summed E-state index contributed by atoms with van der Waals surface area (Å²) in [6.45, 7) is 0. The Morgan fingerprint density at radius 2 is 1.82 bits per heavy atom. The van der Waals surface area contributed by atoms with Crippen LogP contribution in [0.5, 0.6) is 5.75 Å². The molecule has 1 spiro atoms. The molecule has 2 N–H and O–H groups in total. The van der Waals surface area contributed by atoms with E-state index in [1.54, 1.807) is 18.2 Å². The topological polar surface area (TPSA) is 89.7 Å². The summed E-state index contributed by atoms with van der Waals surface area (Å²) in [6.07, 6.45) is 4.01. The summed E-state index contributed by atoms with van der Waals surface area (Å²) < 4.78 is 33.3. The van der Waals surface area contributed by atoms with Crippen LogP contribution in [0, 0.1) is 0 Å². The predicted octanol–water partition coefficient (Wildman–Crippen LogP) is 3.87. The number of sulfonamides is 1. The van der Waals surface area contributed by atoms with E-state index in [4.69, 9.17) is 22.1 Å². The second-order valence-corrected chi connectivity index (χ2v) is 9.48. The van der Waals surface area contributed by atoms with Crippen LogP contribution in [0.1, 0.15) is 37.7 Å². The number of hydrogen-bond donors (Lipinski definition) is 1. The maximum absolute atomic E-state index is 13.6. The standard InChI is InChI=1S/C20H21ClN2O4S/c1-27-17-12-14(22)6-8-18(17)28(25,26)23-16-7-5-13(21)11-15(16)20(19(23)24)9-3-2-4-10-20/h5-8,11-12H,2-4,9-10,22H2,1H3. The van der Waals surface area contributed by atoms with E-state index >= 15 is 0 Å². The summed E-state index contributed by atoms with van der Waals surface area (Å²) in [5.41, 5.74) is 6.36. The fraction of sp³-hybridized carbons (Fsp3) is 0.350. The molecule has 2 aromatic rings. The van der Waals surface area contributed by atoms with Crippen molar-refractivity contribution < 1.29 is 17.9 Å². The Morgan fingerprint density at radius 3 is 2.50 bits per heavy atom. The van der Waals surface area contributed by atoms with Gasteiger partial charge in [-0.3, -0.25) is 4.79 Å². The number of ether oxygens (including phenoxy) is 1. The first-order valence-electron chi connectivity index (χ1n) is 9.14. The summed E-state index contributed by atoms with van der Waals surface area (Å²) in [7, 11) is -2.82. The molecule has 0 bridgehead atoms. The monoisotopic (exact) mass is 420 g/mol. The number of benzene rings is 2. The molecular formula is C20H21ClN2O4S. The smallest absolute Gasteiger partial charge is 0.274 e. The molecule has 28 heavy (non-hydrogen) atoms. The van der Waals surface area contributed by atoms with Gasteiger partial charge in [0.2, 0.25) is 0 Å². The molecule has 6 nitrogen and oxygen atoms in total. The lowest BCUT2D eigenvalue weighted by Crippen LogP contribution is -2.44. The van der Waals surface area contributed by atoms with E-state index in [0.717, 1.165) is 23.6 Å². The minimum Gasteiger partial charge on any atom is -0.495 e. The van der Waals surface area contributed by atoms with E-state index in [9.17, 15) is 13.2 Å². The molecule has 1 saturated carbocycles. The second kappa shape index (κ2) is 6.67. The van der Waals surface area contributed by atoms with Crippen molar-refractivity contribution in [3.05, 3.63) is 47.0 Å². The largest absolute Gasteiger partial charge is 0.495 e. The van der Waals surface area contributed by atoms with Crippen LogP contribution in [0.15, 0.2) is 41.3 Å². The number of carbonyl (C=O) groups is 1. The average Bonchev–Trinajstić information content (AvgIpc) is 2.90. The van der Waals surface area contributed by atoms with Gasteiger partial charge in [0.05, 0.1) is 18.2 Å². The van der Waals surface area contributed by atoms with E-state index in [0.29, 0.717) is 34.8 Å². The quantitative estimate of drug-likeness (QED) is 0.761. The number of hydrogen-bond acceptors (Lipinski definition) is 5. The summed E-state index contributed by atoms with van der Waals surface area (Å²) in [4.78, 5) is 13.5. The molecule has 1 heterocycles. The van der Waals surface area contributed by atoms with Gasteiger partial charge in [0.25, 0.3) is 15.9 Å². The van der Waals surface area contributed by atoms with Gasteiger partial charge in [-0.25, -0.2) is 12.7 Å². The van der Waals surface area contributed by atoms with Crippen molar-refractivity contribution in [2.75, 3.05) is 17.1 Å². The number of halogens is 1. The molecule has 2 aliphatic rings. The van der Waals surface area contributed by atoms with Crippen molar-refractivity contribution in [1.29, 1.82) is 0 Å². The molecule has 1 amide bonds. The number of nitrogens with zero attached hydrogens (tertiary/aromatic N) is 1. The lowest BCUT2D eigenvalue weighted by atomic mass is 9.70. The van der Waals surface area contributed by atoms with Crippen molar-refractivity contribution in [3.63, 3.8) is 0 Å². The Bertz CT molecular complexity index is 1060. The third-order valence-electron chi connectivity index (χ3n) is 5.70. The Morgan fingerprint density at radius 1 is 1.11 bits per heavy atom. The van der Waals surface area contributed by atoms with Crippen molar-refractivity contribution in [1.82, 2.24) is 0 Å². The minimum atomic E-state index is -4.19. The fourth-order valence-electron chi connectivity index (χ4n) is 4.36. The summed E-state index contributed by atoms with van der Waals surface area (Å²) in [6, 6.07) is 9.24. The molecule has 4 rings (SSSR count). The molecule has 0 aromatic heterocycles. The van der Waals surface area contributed by atoms with Crippen LogP contribution in [-0.4, -0.2) is 21.4 Å². The van der Waals surface area contributed by atoms with E-state index in [1.807, 2.05) is 0 Å². The van der Waals surface area contributed by atoms with Crippen molar-refractivity contribution in [2.24, 2.45) is 0 Å². The van der Waals surface area contributed by atoms with E-state index in [-0.39, 0.29) is 10.6 Å². The Kier molecular flexibility index (Phi) is 4.55. The van der Waals surface area contributed by atoms with Gasteiger partial charge >= 0.3 is 0 Å². The summed E-state index contributed by atoms with van der Waals surface area (Å²) in [5, 5.41) is 0.487. The number of rotatable bonds is 3. The van der Waals surface area contributed by atoms with Gasteiger partial charge in [0, 0.05) is 16.8 Å². The van der Waals surface area contributed by atoms with Gasteiger partial charge in [-0.15, -0.1) is 0 Å². The fourth-order valence-corrected chi connectivity index (χ4v) is 6.18. The highest BCUT2D eigenvalue weighted by Gasteiger charge is 2.55. The van der Waals surface area contributed by atoms with E-state index in [2.05, 4.69) is 0 Å². The van der Waals surface area contributed by atoms with Gasteiger partial charge in [0.1, 0.15) is 10.6 Å². The van der Waals surface area contributed by atoms with Gasteiger partial charge in [0.15, 0.2) is 0 Å². The molecule has 0 saturated heterocycles. The number of nitrogen functional groups attached to an aromatic ring is 1. The van der Waals surface area contributed by atoms with Crippen LogP contribution in [0.3, 0.4) is 0 Å². The zero-order valence-corrected chi connectivity index (χ0v) is 17.0. The number of amides is 1. The Labute approximate surface area is 169 Å². The number of carbonyl (C=O) groups excluding carboxylic acids is 1. The summed E-state index contributed by atoms with van der Waals surface area (Å²) in [5.74, 6) is -0.309. The number of methoxy groups -OCH3 is 1. The van der Waals surface area contributed by atoms with E-state index in [1.165, 1.54) is 25.3 Å². The Balaban J connectivity index is 1.92. The van der Waals surface area contributed by atoms with Crippen molar-refractivity contribution >= 4 is 38.9 Å². The predicted molar refractivity (Wildman–Crippen MR) is 108 cm³/mol. The van der Waals surface area contributed by atoms with Gasteiger partial charge < -0.3 is 10.5 Å². The Hall–Kier alpha value is -2.25. The molecule has 1 aliphatic carbocycles. The maximum atomic E-state index is 13.6. The average molecular weight is 421 g/mol. The van der Waals surface area contributed by atoms with Crippen LogP contribution >= 0.6 is 11.6 Å². The van der Waals surface area contributed by atoms with E-state index < -0.39 is 21.3 Å². The SMILES string of the molecule is COc1cc(N)ccc1S(=O)(=O)N1C(=O)C2(CCCCC2)c2cc(Cl)ccc21. The first kappa shape index (κ1) is 19.1. The van der Waals surface area contributed by atoms with Crippen molar-refractivity contribution in [3.8, 4) is 5.75 Å². The van der Waals surface area contributed by atoms with Gasteiger partial charge in [-0.05, 0) is 48.7 Å². The third-order valence-corrected chi connectivity index (χ3v) is 7.67. The molecule has 0 atom stereocenters. The molecule has 1 aliphatic heterocycles. The van der Waals surface area contributed by atoms with Crippen LogP contribution in [0.2, 0.25) is 5.02 Å². The van der Waals surface area contributed by atoms with Crippen LogP contribution < -0.4 is 14.8 Å². The maximum Gasteiger partial charge on any atom is 0.274 e. The highest BCUT2D eigenvalue weighted by atomic mass is 35.5. The minimum absolute atomic E-state index is 0.0914. The molecule has 1 fully saturated rings. The third kappa shape index (κ3) is 2.68. The highest BCUT2D eigenvalue weighted by Crippen LogP contribution is 2.52. The zero-order chi connectivity index (χ0) is 20.1. The lowest BCUT2D eigenvalue weighted by Gasteiger charge is -2.32. The van der Waals surface area contributed by atoms with Crippen LogP contribution in [-0.2, 0) is 20.2 Å². The molecule has 0 unspecified atom stereocenters. The first-order chi connectivity index (χ1) is 13.3. The number of fused-ring (bicyclic) bond motifs is 2. The van der Waals surface area contributed by atoms with Gasteiger partial charge in [-0.1, -0.05) is 30.9 Å². The molecule has 2 aromatic carbocycles. The van der Waals surface area contributed by atoms with Gasteiger partial charge in [-0.2, -0.15) is 0 Å². The second-order valence-electron chi connectivity index (χ2n) is 7.29. The lowest BCUT2D eigenvalue weighted by molar-refractivity contribution is -0.123. The summed E-state index contributed by atoms with van der Waals surface area (Å²) >= 11 is 6.20. The highest BCUT2D eigenvalue weighted by molar-refractivity contribution is 7.93. The number of anilines is 2. The number of nitrogens with two attached hydrogens (primary N) is 1. The zero-order valence-electron chi connectivity index (χ0n) is 15.4. The van der Waals surface area contributed by atoms with Crippen LogP contribution in [0.25, 0.3) is 0 Å². The normalized spacial score (nSPS) is 18.4. The first-order valence-corrected chi connectivity index (χ1v) is 11.0. The molecule has 0 radical (unpaired) electrons. The van der Waals surface area contributed by atoms with Crippen LogP contribution in [0.4, 0.5) is 11.4 Å². The molecule has 8 heteroatoms. The molecule has 148 valence electrons. The van der Waals surface area contributed by atoms with Crippen molar-refractivity contribution in [2.45, 2.75) is 42.4 Å².